The summed E-state index contributed by atoms with van der Waals surface area (Å²) in [5.74, 6) is -0.310. The number of carbonyl (C=O) groups is 1. The van der Waals surface area contributed by atoms with Crippen molar-refractivity contribution in [3.8, 4) is 0 Å². The molecule has 0 fully saturated rings. The standard InChI is InChI=1S/C16H20FN3O4S/c1-10(2)8-14(16(21)18-15-9-11(3)24-19-15)20-25(22,23)13-6-4-12(17)5-7-13/h4-7,9-10,14,20H,8H2,1-3H3,(H,18,19,21)/t14-/m0/s1. The first-order valence-electron chi connectivity index (χ1n) is 7.69. The van der Waals surface area contributed by atoms with Crippen LogP contribution in [0.25, 0.3) is 0 Å². The van der Waals surface area contributed by atoms with Crippen LogP contribution in [0.1, 0.15) is 26.0 Å². The fraction of sp³-hybridized carbons (Fsp3) is 0.375. The summed E-state index contributed by atoms with van der Waals surface area (Å²) in [6.45, 7) is 5.41. The quantitative estimate of drug-likeness (QED) is 0.781. The third kappa shape index (κ3) is 5.36. The van der Waals surface area contributed by atoms with Gasteiger partial charge in [-0.1, -0.05) is 19.0 Å². The first-order valence-corrected chi connectivity index (χ1v) is 9.18. The highest BCUT2D eigenvalue weighted by atomic mass is 32.2. The molecule has 1 heterocycles. The Balaban J connectivity index is 2.18. The van der Waals surface area contributed by atoms with Gasteiger partial charge in [0.1, 0.15) is 17.6 Å². The molecule has 0 unspecified atom stereocenters. The molecule has 0 aliphatic heterocycles. The maximum absolute atomic E-state index is 13.0. The summed E-state index contributed by atoms with van der Waals surface area (Å²) >= 11 is 0. The summed E-state index contributed by atoms with van der Waals surface area (Å²) in [6, 6.07) is 4.89. The lowest BCUT2D eigenvalue weighted by molar-refractivity contribution is -0.118. The van der Waals surface area contributed by atoms with Crippen LogP contribution in [0.5, 0.6) is 0 Å². The number of amides is 1. The van der Waals surface area contributed by atoms with E-state index in [9.17, 15) is 17.6 Å². The van der Waals surface area contributed by atoms with E-state index in [0.717, 1.165) is 24.3 Å². The van der Waals surface area contributed by atoms with Crippen molar-refractivity contribution >= 4 is 21.7 Å². The molecule has 0 aliphatic rings. The highest BCUT2D eigenvalue weighted by Gasteiger charge is 2.27. The minimum atomic E-state index is -3.98. The summed E-state index contributed by atoms with van der Waals surface area (Å²) in [5, 5.41) is 6.18. The van der Waals surface area contributed by atoms with Crippen LogP contribution < -0.4 is 10.0 Å². The molecule has 9 heteroatoms. The molecule has 1 amide bonds. The van der Waals surface area contributed by atoms with Crippen LogP contribution in [0.15, 0.2) is 39.8 Å². The van der Waals surface area contributed by atoms with Crippen LogP contribution >= 0.6 is 0 Å². The van der Waals surface area contributed by atoms with Crippen molar-refractivity contribution in [3.63, 3.8) is 0 Å². The monoisotopic (exact) mass is 369 g/mol. The number of hydrogen-bond acceptors (Lipinski definition) is 5. The van der Waals surface area contributed by atoms with Gasteiger partial charge >= 0.3 is 0 Å². The molecular formula is C16H20FN3O4S. The van der Waals surface area contributed by atoms with E-state index in [2.05, 4.69) is 15.2 Å². The summed E-state index contributed by atoms with van der Waals surface area (Å²) in [6.07, 6.45) is 0.281. The Morgan fingerprint density at radius 1 is 1.28 bits per heavy atom. The minimum absolute atomic E-state index is 0.0608. The lowest BCUT2D eigenvalue weighted by atomic mass is 10.0. The van der Waals surface area contributed by atoms with E-state index in [1.165, 1.54) is 6.07 Å². The first-order chi connectivity index (χ1) is 11.7. The van der Waals surface area contributed by atoms with Crippen molar-refractivity contribution in [3.05, 3.63) is 41.9 Å². The Morgan fingerprint density at radius 3 is 2.44 bits per heavy atom. The zero-order chi connectivity index (χ0) is 18.6. The second-order valence-electron chi connectivity index (χ2n) is 6.07. The van der Waals surface area contributed by atoms with E-state index < -0.39 is 27.8 Å². The van der Waals surface area contributed by atoms with Gasteiger partial charge in [-0.15, -0.1) is 0 Å². The van der Waals surface area contributed by atoms with Crippen molar-refractivity contribution < 1.29 is 22.1 Å². The maximum atomic E-state index is 13.0. The Bertz CT molecular complexity index is 831. The number of nitrogens with one attached hydrogen (secondary N) is 2. The molecule has 0 aliphatic carbocycles. The smallest absolute Gasteiger partial charge is 0.243 e. The topological polar surface area (TPSA) is 101 Å². The SMILES string of the molecule is Cc1cc(NC(=O)[C@H](CC(C)C)NS(=O)(=O)c2ccc(F)cc2)no1. The van der Waals surface area contributed by atoms with Crippen LogP contribution in [0.2, 0.25) is 0 Å². The second kappa shape index (κ2) is 7.75. The molecule has 0 saturated carbocycles. The van der Waals surface area contributed by atoms with Gasteiger partial charge in [-0.05, 0) is 43.5 Å². The van der Waals surface area contributed by atoms with Gasteiger partial charge in [-0.3, -0.25) is 4.79 Å². The fourth-order valence-corrected chi connectivity index (χ4v) is 3.40. The van der Waals surface area contributed by atoms with Gasteiger partial charge in [0.05, 0.1) is 4.90 Å². The molecule has 7 nitrogen and oxygen atoms in total. The molecule has 1 aromatic heterocycles. The number of carbonyl (C=O) groups excluding carboxylic acids is 1. The van der Waals surface area contributed by atoms with E-state index in [1.807, 2.05) is 13.8 Å². The van der Waals surface area contributed by atoms with Crippen molar-refractivity contribution in [1.29, 1.82) is 0 Å². The predicted octanol–water partition coefficient (Wildman–Crippen LogP) is 2.45. The molecule has 2 N–H and O–H groups in total. The molecule has 0 saturated heterocycles. The summed E-state index contributed by atoms with van der Waals surface area (Å²) in [5.41, 5.74) is 0. The van der Waals surface area contributed by atoms with E-state index in [0.29, 0.717) is 5.76 Å². The van der Waals surface area contributed by atoms with E-state index in [1.54, 1.807) is 6.92 Å². The molecule has 1 atom stereocenters. The highest BCUT2D eigenvalue weighted by Crippen LogP contribution is 2.15. The van der Waals surface area contributed by atoms with Gasteiger partial charge in [0.15, 0.2) is 5.82 Å². The van der Waals surface area contributed by atoms with Crippen LogP contribution in [0.3, 0.4) is 0 Å². The maximum Gasteiger partial charge on any atom is 0.243 e. The Morgan fingerprint density at radius 2 is 1.92 bits per heavy atom. The average molecular weight is 369 g/mol. The van der Waals surface area contributed by atoms with Gasteiger partial charge in [0.2, 0.25) is 15.9 Å². The zero-order valence-electron chi connectivity index (χ0n) is 14.1. The van der Waals surface area contributed by atoms with Crippen LogP contribution in [0.4, 0.5) is 10.2 Å². The number of rotatable bonds is 7. The van der Waals surface area contributed by atoms with Gasteiger partial charge in [0.25, 0.3) is 0 Å². The molecule has 136 valence electrons. The van der Waals surface area contributed by atoms with E-state index in [4.69, 9.17) is 4.52 Å². The summed E-state index contributed by atoms with van der Waals surface area (Å²) in [4.78, 5) is 12.3. The highest BCUT2D eigenvalue weighted by molar-refractivity contribution is 7.89. The molecule has 0 spiro atoms. The molecule has 0 radical (unpaired) electrons. The summed E-state index contributed by atoms with van der Waals surface area (Å²) in [7, 11) is -3.98. The Kier molecular flexibility index (Phi) is 5.91. The van der Waals surface area contributed by atoms with E-state index in [-0.39, 0.29) is 23.1 Å². The third-order valence-corrected chi connectivity index (χ3v) is 4.81. The van der Waals surface area contributed by atoms with Gasteiger partial charge in [0, 0.05) is 6.07 Å². The number of sulfonamides is 1. The number of aryl methyl sites for hydroxylation is 1. The molecular weight excluding hydrogens is 349 g/mol. The lowest BCUT2D eigenvalue weighted by Gasteiger charge is -2.19. The predicted molar refractivity (Wildman–Crippen MR) is 89.8 cm³/mol. The van der Waals surface area contributed by atoms with Crippen molar-refractivity contribution in [1.82, 2.24) is 9.88 Å². The number of hydrogen-bond donors (Lipinski definition) is 2. The molecule has 2 aromatic rings. The van der Waals surface area contributed by atoms with E-state index >= 15 is 0 Å². The number of aromatic nitrogens is 1. The van der Waals surface area contributed by atoms with Gasteiger partial charge in [-0.2, -0.15) is 4.72 Å². The van der Waals surface area contributed by atoms with Crippen molar-refractivity contribution in [2.24, 2.45) is 5.92 Å². The molecule has 2 rings (SSSR count). The van der Waals surface area contributed by atoms with Crippen molar-refractivity contribution in [2.45, 2.75) is 38.1 Å². The lowest BCUT2D eigenvalue weighted by Crippen LogP contribution is -2.44. The van der Waals surface area contributed by atoms with Gasteiger partial charge < -0.3 is 9.84 Å². The van der Waals surface area contributed by atoms with Crippen LogP contribution in [-0.2, 0) is 14.8 Å². The number of anilines is 1. The fourth-order valence-electron chi connectivity index (χ4n) is 2.19. The largest absolute Gasteiger partial charge is 0.360 e. The number of benzene rings is 1. The van der Waals surface area contributed by atoms with Crippen LogP contribution in [0, 0.1) is 18.7 Å². The van der Waals surface area contributed by atoms with Gasteiger partial charge in [-0.25, -0.2) is 12.8 Å². The number of halogens is 1. The molecule has 1 aromatic carbocycles. The Labute approximate surface area is 145 Å². The third-order valence-electron chi connectivity index (χ3n) is 3.32. The average Bonchev–Trinajstić information content (AvgIpc) is 2.91. The summed E-state index contributed by atoms with van der Waals surface area (Å²) < 4.78 is 45.1. The first kappa shape index (κ1) is 19.1. The van der Waals surface area contributed by atoms with Crippen molar-refractivity contribution in [2.75, 3.05) is 5.32 Å². The molecule has 0 bridgehead atoms. The minimum Gasteiger partial charge on any atom is -0.360 e. The second-order valence-corrected chi connectivity index (χ2v) is 7.78. The zero-order valence-corrected chi connectivity index (χ0v) is 14.9. The van der Waals surface area contributed by atoms with Crippen LogP contribution in [-0.4, -0.2) is 25.5 Å². The Hall–Kier alpha value is -2.26. The molecule has 25 heavy (non-hydrogen) atoms. The normalized spacial score (nSPS) is 13.0. The number of nitrogens with zero attached hydrogens (tertiary/aromatic N) is 1.